The lowest BCUT2D eigenvalue weighted by molar-refractivity contribution is -0.137. The third kappa shape index (κ3) is 6.48. The molecule has 2 fully saturated rings. The van der Waals surface area contributed by atoms with Crippen LogP contribution in [0.15, 0.2) is 54.9 Å². The number of hydrogen-bond donors (Lipinski definition) is 4. The van der Waals surface area contributed by atoms with E-state index < -0.39 is 11.7 Å². The number of nitrogens with two attached hydrogens (primary N) is 1. The minimum absolute atomic E-state index is 0.170. The zero-order valence-corrected chi connectivity index (χ0v) is 21.5. The molecular formula is C28H32F3N7O. The monoisotopic (exact) mass is 539 g/mol. The van der Waals surface area contributed by atoms with E-state index in [9.17, 15) is 13.2 Å². The van der Waals surface area contributed by atoms with Crippen LogP contribution in [0, 0.1) is 5.41 Å². The van der Waals surface area contributed by atoms with Gasteiger partial charge in [0.25, 0.3) is 0 Å². The Labute approximate surface area is 225 Å². The van der Waals surface area contributed by atoms with Crippen molar-refractivity contribution in [3.05, 3.63) is 71.5 Å². The van der Waals surface area contributed by atoms with Crippen LogP contribution in [-0.4, -0.2) is 58.8 Å². The maximum Gasteiger partial charge on any atom is 0.416 e. The highest BCUT2D eigenvalue weighted by Crippen LogP contribution is 2.32. The summed E-state index contributed by atoms with van der Waals surface area (Å²) in [7, 11) is 0. The molecule has 0 unspecified atom stereocenters. The van der Waals surface area contributed by atoms with Crippen LogP contribution in [0.5, 0.6) is 11.5 Å². The van der Waals surface area contributed by atoms with Crippen molar-refractivity contribution in [1.82, 2.24) is 20.2 Å². The lowest BCUT2D eigenvalue weighted by atomic mass is 9.98. The van der Waals surface area contributed by atoms with E-state index in [1.807, 2.05) is 0 Å². The maximum atomic E-state index is 12.8. The minimum Gasteiger partial charge on any atom is -0.457 e. The molecule has 1 aromatic heterocycles. The van der Waals surface area contributed by atoms with Crippen molar-refractivity contribution in [3.8, 4) is 11.5 Å². The number of aromatic nitrogens is 2. The van der Waals surface area contributed by atoms with Crippen LogP contribution in [0.3, 0.4) is 0 Å². The molecule has 0 saturated carbocycles. The predicted molar refractivity (Wildman–Crippen MR) is 144 cm³/mol. The average Bonchev–Trinajstić information content (AvgIpc) is 2.94. The Morgan fingerprint density at radius 2 is 1.56 bits per heavy atom. The molecule has 5 rings (SSSR count). The summed E-state index contributed by atoms with van der Waals surface area (Å²) in [6.07, 6.45) is 1.35. The number of anilines is 2. The van der Waals surface area contributed by atoms with E-state index in [0.29, 0.717) is 28.7 Å². The molecular weight excluding hydrogens is 507 g/mol. The fraction of sp³-hybridized carbons (Fsp3) is 0.393. The number of ether oxygens (including phenoxy) is 1. The summed E-state index contributed by atoms with van der Waals surface area (Å²) in [6, 6.07) is 12.1. The second kappa shape index (κ2) is 11.6. The number of likely N-dealkylation sites (tertiary alicyclic amines) is 1. The summed E-state index contributed by atoms with van der Waals surface area (Å²) in [5.74, 6) is 1.47. The highest BCUT2D eigenvalue weighted by Gasteiger charge is 2.30. The van der Waals surface area contributed by atoms with Crippen molar-refractivity contribution in [2.75, 3.05) is 37.2 Å². The van der Waals surface area contributed by atoms with Crippen LogP contribution in [0.4, 0.5) is 24.8 Å². The van der Waals surface area contributed by atoms with E-state index in [2.05, 4.69) is 25.5 Å². The Morgan fingerprint density at radius 3 is 2.18 bits per heavy atom. The molecule has 2 aliphatic rings. The van der Waals surface area contributed by atoms with Gasteiger partial charge in [0, 0.05) is 30.7 Å². The zero-order valence-electron chi connectivity index (χ0n) is 21.5. The summed E-state index contributed by atoms with van der Waals surface area (Å²) >= 11 is 0. The molecule has 39 heavy (non-hydrogen) atoms. The fourth-order valence-electron chi connectivity index (χ4n) is 5.21. The molecule has 2 aliphatic heterocycles. The van der Waals surface area contributed by atoms with Crippen LogP contribution in [0.2, 0.25) is 0 Å². The minimum atomic E-state index is -4.40. The maximum absolute atomic E-state index is 12.8. The molecule has 0 aliphatic carbocycles. The molecule has 5 N–H and O–H groups in total. The Hall–Kier alpha value is -3.70. The number of nitrogens with one attached hydrogen (secondary N) is 3. The number of benzene rings is 2. The van der Waals surface area contributed by atoms with Gasteiger partial charge in [-0.05, 0) is 87.3 Å². The van der Waals surface area contributed by atoms with E-state index in [1.54, 1.807) is 24.3 Å². The Morgan fingerprint density at radius 1 is 0.949 bits per heavy atom. The molecule has 0 atom stereocenters. The number of halogens is 3. The molecule has 2 aromatic carbocycles. The third-order valence-electron chi connectivity index (χ3n) is 7.38. The van der Waals surface area contributed by atoms with Gasteiger partial charge in [-0.15, -0.1) is 0 Å². The predicted octanol–water partition coefficient (Wildman–Crippen LogP) is 4.91. The van der Waals surface area contributed by atoms with Gasteiger partial charge in [0.15, 0.2) is 0 Å². The largest absolute Gasteiger partial charge is 0.457 e. The number of alkyl halides is 3. The van der Waals surface area contributed by atoms with Crippen LogP contribution in [0.25, 0.3) is 0 Å². The Kier molecular flexibility index (Phi) is 7.99. The number of rotatable bonds is 7. The summed E-state index contributed by atoms with van der Waals surface area (Å²) in [6.45, 7) is 4.21. The molecule has 8 nitrogen and oxygen atoms in total. The molecule has 0 bridgehead atoms. The van der Waals surface area contributed by atoms with Gasteiger partial charge in [0.2, 0.25) is 0 Å². The van der Waals surface area contributed by atoms with Crippen molar-refractivity contribution in [3.63, 3.8) is 0 Å². The van der Waals surface area contributed by atoms with Gasteiger partial charge in [0.05, 0.1) is 16.8 Å². The first-order valence-corrected chi connectivity index (χ1v) is 13.1. The van der Waals surface area contributed by atoms with Gasteiger partial charge >= 0.3 is 6.18 Å². The molecule has 3 heterocycles. The second-order valence-corrected chi connectivity index (χ2v) is 9.94. The smallest absolute Gasteiger partial charge is 0.416 e. The van der Waals surface area contributed by atoms with Crippen molar-refractivity contribution in [2.45, 2.75) is 43.9 Å². The zero-order chi connectivity index (χ0) is 27.4. The first-order chi connectivity index (χ1) is 18.8. The summed E-state index contributed by atoms with van der Waals surface area (Å²) in [4.78, 5) is 11.1. The molecule has 11 heteroatoms. The van der Waals surface area contributed by atoms with Crippen LogP contribution in [-0.2, 0) is 6.18 Å². The lowest BCUT2D eigenvalue weighted by Gasteiger charge is -2.39. The van der Waals surface area contributed by atoms with Crippen molar-refractivity contribution < 1.29 is 17.9 Å². The first kappa shape index (κ1) is 26.9. The molecule has 3 aromatic rings. The standard InChI is InChI=1S/C28H32F3N7O/c29-28(30,31)19-3-7-23(8-4-19)39-22-5-1-18(2-6-22)25(32)24-26(33)35-17-36-27(24)37-20-11-15-38(16-12-20)21-9-13-34-14-10-21/h1-8,17,20-21,32,34H,9-16H2,(H3,33,35,36,37). The van der Waals surface area contributed by atoms with Gasteiger partial charge < -0.3 is 26.0 Å². The lowest BCUT2D eigenvalue weighted by Crippen LogP contribution is -2.48. The number of nitrogen functional groups attached to an aromatic ring is 1. The molecule has 0 spiro atoms. The van der Waals surface area contributed by atoms with E-state index in [-0.39, 0.29) is 23.3 Å². The molecule has 0 amide bonds. The SMILES string of the molecule is N=C(c1ccc(Oc2ccc(C(F)(F)F)cc2)cc1)c1c(N)ncnc1NC1CCN(C2CCNCC2)CC1. The van der Waals surface area contributed by atoms with Crippen molar-refractivity contribution >= 4 is 17.3 Å². The quantitative estimate of drug-likeness (QED) is 0.316. The average molecular weight is 540 g/mol. The molecule has 206 valence electrons. The van der Waals surface area contributed by atoms with E-state index >= 15 is 0 Å². The Balaban J connectivity index is 1.23. The van der Waals surface area contributed by atoms with Gasteiger partial charge in [-0.25, -0.2) is 9.97 Å². The van der Waals surface area contributed by atoms with Crippen LogP contribution >= 0.6 is 0 Å². The normalized spacial score (nSPS) is 17.6. The summed E-state index contributed by atoms with van der Waals surface area (Å²) in [5, 5.41) is 15.8. The Bertz CT molecular complexity index is 1270. The summed E-state index contributed by atoms with van der Waals surface area (Å²) < 4.78 is 44.1. The molecule has 0 radical (unpaired) electrons. The van der Waals surface area contributed by atoms with E-state index in [0.717, 1.165) is 51.2 Å². The highest BCUT2D eigenvalue weighted by molar-refractivity contribution is 6.16. The fourth-order valence-corrected chi connectivity index (χ4v) is 5.21. The van der Waals surface area contributed by atoms with Crippen molar-refractivity contribution in [1.29, 1.82) is 5.41 Å². The number of piperidine rings is 2. The highest BCUT2D eigenvalue weighted by atomic mass is 19.4. The summed E-state index contributed by atoms with van der Waals surface area (Å²) in [5.41, 5.74) is 6.66. The third-order valence-corrected chi connectivity index (χ3v) is 7.38. The van der Waals surface area contributed by atoms with Gasteiger partial charge in [0.1, 0.15) is 29.5 Å². The first-order valence-electron chi connectivity index (χ1n) is 13.1. The van der Waals surface area contributed by atoms with Crippen LogP contribution in [0.1, 0.15) is 42.4 Å². The van der Waals surface area contributed by atoms with Gasteiger partial charge in [-0.3, -0.25) is 5.41 Å². The topological polar surface area (TPSA) is 112 Å². The van der Waals surface area contributed by atoms with E-state index in [1.165, 1.54) is 31.3 Å². The number of hydrogen-bond acceptors (Lipinski definition) is 8. The van der Waals surface area contributed by atoms with Crippen molar-refractivity contribution in [2.24, 2.45) is 0 Å². The second-order valence-electron chi connectivity index (χ2n) is 9.94. The molecule has 2 saturated heterocycles. The van der Waals surface area contributed by atoms with Gasteiger partial charge in [-0.1, -0.05) is 0 Å². The number of nitrogens with zero attached hydrogens (tertiary/aromatic N) is 3. The van der Waals surface area contributed by atoms with E-state index in [4.69, 9.17) is 15.9 Å². The van der Waals surface area contributed by atoms with Crippen LogP contribution < -0.4 is 21.1 Å². The van der Waals surface area contributed by atoms with Gasteiger partial charge in [-0.2, -0.15) is 13.2 Å².